The van der Waals surface area contributed by atoms with Crippen molar-refractivity contribution in [1.29, 1.82) is 0 Å². The molecular weight excluding hydrogens is 152 g/mol. The highest BCUT2D eigenvalue weighted by Gasteiger charge is 2.27. The van der Waals surface area contributed by atoms with Gasteiger partial charge in [-0.3, -0.25) is 0 Å². The molecule has 0 bridgehead atoms. The van der Waals surface area contributed by atoms with E-state index in [9.17, 15) is 0 Å². The van der Waals surface area contributed by atoms with E-state index in [0.717, 1.165) is 0 Å². The first-order valence-corrected chi connectivity index (χ1v) is 6.85. The Bertz CT molecular complexity index is 125. The minimum atomic E-state index is -1.38. The quantitative estimate of drug-likeness (QED) is 0.455. The molecule has 0 saturated heterocycles. The molecule has 0 heterocycles. The van der Waals surface area contributed by atoms with Crippen molar-refractivity contribution in [3.63, 3.8) is 0 Å². The molecule has 11 heavy (non-hydrogen) atoms. The van der Waals surface area contributed by atoms with Crippen LogP contribution in [0.2, 0.25) is 18.1 Å². The van der Waals surface area contributed by atoms with Crippen molar-refractivity contribution in [3.05, 3.63) is 0 Å². The molecule has 0 spiro atoms. The number of hydrogen-bond donors (Lipinski definition) is 0. The minimum Gasteiger partial charge on any atom is -0.406 e. The van der Waals surface area contributed by atoms with E-state index in [4.69, 9.17) is 10.8 Å². The first kappa shape index (κ1) is 10.7. The average Bonchev–Trinajstić information content (AvgIpc) is 2.08. The Morgan fingerprint density at radius 2 is 1.64 bits per heavy atom. The summed E-state index contributed by atoms with van der Waals surface area (Å²) < 4.78 is 5.73. The van der Waals surface area contributed by atoms with Crippen LogP contribution in [0.5, 0.6) is 0 Å². The molecule has 0 fully saturated rings. The molecule has 0 aliphatic rings. The molecular formula is C9H18OSi. The smallest absolute Gasteiger partial charge is 0.193 e. The van der Waals surface area contributed by atoms with Crippen molar-refractivity contribution in [3.8, 4) is 12.3 Å². The molecule has 0 aliphatic heterocycles. The van der Waals surface area contributed by atoms with E-state index in [1.807, 2.05) is 0 Å². The maximum atomic E-state index is 5.73. The Labute approximate surface area is 71.3 Å². The van der Waals surface area contributed by atoms with E-state index in [-0.39, 0.29) is 0 Å². The number of rotatable bonds is 5. The van der Waals surface area contributed by atoms with Gasteiger partial charge in [-0.25, -0.2) is 0 Å². The van der Waals surface area contributed by atoms with Gasteiger partial charge in [-0.2, -0.15) is 0 Å². The van der Waals surface area contributed by atoms with Gasteiger partial charge < -0.3 is 4.43 Å². The normalized spacial score (nSPS) is 11.1. The van der Waals surface area contributed by atoms with Gasteiger partial charge in [0.2, 0.25) is 0 Å². The van der Waals surface area contributed by atoms with Gasteiger partial charge in [0.1, 0.15) is 0 Å². The van der Waals surface area contributed by atoms with Gasteiger partial charge in [-0.15, -0.1) is 6.42 Å². The van der Waals surface area contributed by atoms with Crippen molar-refractivity contribution in [1.82, 2.24) is 0 Å². The van der Waals surface area contributed by atoms with Crippen molar-refractivity contribution in [2.45, 2.75) is 38.9 Å². The number of terminal acetylenes is 1. The fraction of sp³-hybridized carbons (Fsp3) is 0.778. The van der Waals surface area contributed by atoms with Crippen LogP contribution in [-0.4, -0.2) is 14.9 Å². The van der Waals surface area contributed by atoms with Crippen LogP contribution in [0, 0.1) is 12.3 Å². The second kappa shape index (κ2) is 5.40. The van der Waals surface area contributed by atoms with E-state index in [1.165, 1.54) is 18.1 Å². The molecule has 0 aromatic carbocycles. The Morgan fingerprint density at radius 1 is 1.18 bits per heavy atom. The van der Waals surface area contributed by atoms with Crippen LogP contribution < -0.4 is 0 Å². The summed E-state index contributed by atoms with van der Waals surface area (Å²) in [4.78, 5) is 0. The molecule has 0 saturated carbocycles. The average molecular weight is 170 g/mol. The summed E-state index contributed by atoms with van der Waals surface area (Å²) in [5.41, 5.74) is 0. The molecule has 0 N–H and O–H groups in total. The standard InChI is InChI=1S/C9H18OSi/c1-5-9-10-11(6-2,7-3)8-4/h1H,6-9H2,2-4H3. The zero-order valence-corrected chi connectivity index (χ0v) is 8.81. The van der Waals surface area contributed by atoms with Crippen LogP contribution >= 0.6 is 0 Å². The predicted molar refractivity (Wildman–Crippen MR) is 52.0 cm³/mol. The van der Waals surface area contributed by atoms with Crippen LogP contribution in [0.25, 0.3) is 0 Å². The van der Waals surface area contributed by atoms with Crippen LogP contribution in [0.4, 0.5) is 0 Å². The molecule has 0 unspecified atom stereocenters. The maximum absolute atomic E-state index is 5.73. The lowest BCUT2D eigenvalue weighted by Gasteiger charge is -2.26. The monoisotopic (exact) mass is 170 g/mol. The van der Waals surface area contributed by atoms with Crippen molar-refractivity contribution in [2.75, 3.05) is 6.61 Å². The third kappa shape index (κ3) is 3.09. The highest BCUT2D eigenvalue weighted by atomic mass is 28.4. The van der Waals surface area contributed by atoms with E-state index < -0.39 is 8.32 Å². The van der Waals surface area contributed by atoms with E-state index >= 15 is 0 Å². The first-order chi connectivity index (χ1) is 5.24. The molecule has 64 valence electrons. The third-order valence-electron chi connectivity index (χ3n) is 2.39. The maximum Gasteiger partial charge on any atom is 0.193 e. The minimum absolute atomic E-state index is 0.502. The molecule has 1 nitrogen and oxygen atoms in total. The molecule has 0 aromatic heterocycles. The fourth-order valence-corrected chi connectivity index (χ4v) is 3.75. The van der Waals surface area contributed by atoms with Crippen LogP contribution in [0.1, 0.15) is 20.8 Å². The van der Waals surface area contributed by atoms with Crippen LogP contribution in [0.3, 0.4) is 0 Å². The summed E-state index contributed by atoms with van der Waals surface area (Å²) in [6.45, 7) is 7.11. The van der Waals surface area contributed by atoms with E-state index in [0.29, 0.717) is 6.61 Å². The Kier molecular flexibility index (Phi) is 5.27. The summed E-state index contributed by atoms with van der Waals surface area (Å²) in [5.74, 6) is 2.54. The SMILES string of the molecule is C#CCO[Si](CC)(CC)CC. The summed E-state index contributed by atoms with van der Waals surface area (Å²) in [5, 5.41) is 0. The zero-order chi connectivity index (χ0) is 8.74. The van der Waals surface area contributed by atoms with E-state index in [1.54, 1.807) is 0 Å². The summed E-state index contributed by atoms with van der Waals surface area (Å²) in [6.07, 6.45) is 5.15. The molecule has 2 heteroatoms. The van der Waals surface area contributed by atoms with Crippen molar-refractivity contribution < 1.29 is 4.43 Å². The van der Waals surface area contributed by atoms with Gasteiger partial charge in [0.05, 0.1) is 6.61 Å². The zero-order valence-electron chi connectivity index (χ0n) is 7.81. The molecule has 0 aromatic rings. The Morgan fingerprint density at radius 3 is 1.91 bits per heavy atom. The van der Waals surface area contributed by atoms with Crippen molar-refractivity contribution in [2.24, 2.45) is 0 Å². The van der Waals surface area contributed by atoms with Crippen LogP contribution in [0.15, 0.2) is 0 Å². The topological polar surface area (TPSA) is 9.23 Å². The lowest BCUT2D eigenvalue weighted by Crippen LogP contribution is -2.35. The molecule has 0 aliphatic carbocycles. The third-order valence-corrected chi connectivity index (χ3v) is 7.02. The summed E-state index contributed by atoms with van der Waals surface area (Å²) in [7, 11) is -1.38. The second-order valence-corrected chi connectivity index (χ2v) is 7.51. The van der Waals surface area contributed by atoms with Gasteiger partial charge in [0, 0.05) is 0 Å². The predicted octanol–water partition coefficient (Wildman–Crippen LogP) is 2.64. The Hall–Kier alpha value is -0.263. The van der Waals surface area contributed by atoms with E-state index in [2.05, 4.69) is 26.7 Å². The molecule has 0 atom stereocenters. The Balaban J connectivity index is 3.96. The molecule has 0 amide bonds. The van der Waals surface area contributed by atoms with Crippen molar-refractivity contribution >= 4 is 8.32 Å². The van der Waals surface area contributed by atoms with Gasteiger partial charge in [0.15, 0.2) is 8.32 Å². The highest BCUT2D eigenvalue weighted by Crippen LogP contribution is 2.20. The second-order valence-electron chi connectivity index (χ2n) is 2.74. The van der Waals surface area contributed by atoms with Crippen LogP contribution in [-0.2, 0) is 4.43 Å². The first-order valence-electron chi connectivity index (χ1n) is 4.32. The number of hydrogen-bond acceptors (Lipinski definition) is 1. The molecule has 0 rings (SSSR count). The lowest BCUT2D eigenvalue weighted by atomic mass is 10.8. The van der Waals surface area contributed by atoms with Gasteiger partial charge in [0.25, 0.3) is 0 Å². The summed E-state index contributed by atoms with van der Waals surface area (Å²) >= 11 is 0. The highest BCUT2D eigenvalue weighted by molar-refractivity contribution is 6.73. The fourth-order valence-electron chi connectivity index (χ4n) is 1.25. The van der Waals surface area contributed by atoms with Gasteiger partial charge in [-0.05, 0) is 18.1 Å². The lowest BCUT2D eigenvalue weighted by molar-refractivity contribution is 0.350. The molecule has 0 radical (unpaired) electrons. The largest absolute Gasteiger partial charge is 0.406 e. The van der Waals surface area contributed by atoms with Gasteiger partial charge in [-0.1, -0.05) is 26.7 Å². The summed E-state index contributed by atoms with van der Waals surface area (Å²) in [6, 6.07) is 3.55. The van der Waals surface area contributed by atoms with Gasteiger partial charge >= 0.3 is 0 Å².